The summed E-state index contributed by atoms with van der Waals surface area (Å²) in [6.45, 7) is 5.31. The molecule has 29 heavy (non-hydrogen) atoms. The highest BCUT2D eigenvalue weighted by Gasteiger charge is 2.33. The van der Waals surface area contributed by atoms with Gasteiger partial charge in [-0.15, -0.1) is 0 Å². The quantitative estimate of drug-likeness (QED) is 0.629. The van der Waals surface area contributed by atoms with Gasteiger partial charge in [0, 0.05) is 30.4 Å². The first kappa shape index (κ1) is 20.8. The summed E-state index contributed by atoms with van der Waals surface area (Å²) in [4.78, 5) is 20.4. The first-order valence-electron chi connectivity index (χ1n) is 8.93. The van der Waals surface area contributed by atoms with Gasteiger partial charge in [-0.3, -0.25) is 4.79 Å². The molecule has 0 amide bonds. The lowest BCUT2D eigenvalue weighted by atomic mass is 10.1. The predicted molar refractivity (Wildman–Crippen MR) is 98.9 cm³/mol. The van der Waals surface area contributed by atoms with Gasteiger partial charge in [-0.2, -0.15) is 13.2 Å². The summed E-state index contributed by atoms with van der Waals surface area (Å²) in [5.41, 5.74) is -1.13. The van der Waals surface area contributed by atoms with Gasteiger partial charge in [-0.05, 0) is 32.9 Å². The zero-order valence-electron chi connectivity index (χ0n) is 16.1. The third kappa shape index (κ3) is 4.56. The summed E-state index contributed by atoms with van der Waals surface area (Å²) >= 11 is 0. The molecule has 3 rings (SSSR count). The van der Waals surface area contributed by atoms with Crippen LogP contribution in [0.4, 0.5) is 13.2 Å². The highest BCUT2D eigenvalue weighted by atomic mass is 19.4. The number of ether oxygens (including phenoxy) is 1. The second kappa shape index (κ2) is 7.47. The van der Waals surface area contributed by atoms with E-state index in [4.69, 9.17) is 4.74 Å². The van der Waals surface area contributed by atoms with E-state index in [-0.39, 0.29) is 12.1 Å². The van der Waals surface area contributed by atoms with E-state index in [1.165, 1.54) is 6.07 Å². The standard InChI is InChI=1S/C20H20F3N3O3/c1-4-29-15-9-18-25-17(19(2,3)28)11-26(18)10-12(15)8-14(27)13-6-5-7-16(24-13)20(21,22)23/h5-7,9-11,28H,4,8H2,1-3H3. The van der Waals surface area contributed by atoms with Crippen molar-refractivity contribution in [3.8, 4) is 5.75 Å². The van der Waals surface area contributed by atoms with Crippen LogP contribution in [0, 0.1) is 0 Å². The third-order valence-electron chi connectivity index (χ3n) is 4.24. The summed E-state index contributed by atoms with van der Waals surface area (Å²) in [5.74, 6) is -0.174. The van der Waals surface area contributed by atoms with Crippen molar-refractivity contribution in [2.24, 2.45) is 0 Å². The molecule has 0 spiro atoms. The molecule has 6 nitrogen and oxygen atoms in total. The monoisotopic (exact) mass is 407 g/mol. The van der Waals surface area contributed by atoms with Crippen molar-refractivity contribution in [1.82, 2.24) is 14.4 Å². The van der Waals surface area contributed by atoms with E-state index in [2.05, 4.69) is 9.97 Å². The van der Waals surface area contributed by atoms with Gasteiger partial charge < -0.3 is 14.2 Å². The molecule has 0 saturated heterocycles. The van der Waals surface area contributed by atoms with Gasteiger partial charge in [-0.1, -0.05) is 6.07 Å². The number of ketones is 1. The average molecular weight is 407 g/mol. The summed E-state index contributed by atoms with van der Waals surface area (Å²) < 4.78 is 45.8. The Morgan fingerprint density at radius 2 is 1.90 bits per heavy atom. The van der Waals surface area contributed by atoms with E-state index in [1.807, 2.05) is 0 Å². The predicted octanol–water partition coefficient (Wildman–Crippen LogP) is 3.80. The van der Waals surface area contributed by atoms with Crippen molar-refractivity contribution in [1.29, 1.82) is 0 Å². The second-order valence-electron chi connectivity index (χ2n) is 7.05. The SMILES string of the molecule is CCOc1cc2nc(C(C)(C)O)cn2cc1CC(=O)c1cccc(C(F)(F)F)n1. The number of fused-ring (bicyclic) bond motifs is 1. The van der Waals surface area contributed by atoms with Crippen LogP contribution in [0.15, 0.2) is 36.7 Å². The van der Waals surface area contributed by atoms with Crippen LogP contribution in [0.5, 0.6) is 5.75 Å². The molecule has 3 heterocycles. The average Bonchev–Trinajstić information content (AvgIpc) is 3.05. The van der Waals surface area contributed by atoms with Gasteiger partial charge in [-0.25, -0.2) is 9.97 Å². The lowest BCUT2D eigenvalue weighted by molar-refractivity contribution is -0.141. The Hall–Kier alpha value is -2.94. The Labute approximate surface area is 165 Å². The zero-order valence-corrected chi connectivity index (χ0v) is 16.1. The molecule has 0 aliphatic heterocycles. The molecule has 0 bridgehead atoms. The van der Waals surface area contributed by atoms with Gasteiger partial charge >= 0.3 is 6.18 Å². The fourth-order valence-corrected chi connectivity index (χ4v) is 2.79. The molecule has 154 valence electrons. The van der Waals surface area contributed by atoms with E-state index in [0.29, 0.717) is 29.3 Å². The molecule has 0 aromatic carbocycles. The normalized spacial score (nSPS) is 12.4. The minimum absolute atomic E-state index is 0.199. The highest BCUT2D eigenvalue weighted by Crippen LogP contribution is 2.28. The Kier molecular flexibility index (Phi) is 5.36. The molecule has 3 aromatic rings. The Morgan fingerprint density at radius 1 is 1.17 bits per heavy atom. The smallest absolute Gasteiger partial charge is 0.433 e. The summed E-state index contributed by atoms with van der Waals surface area (Å²) in [7, 11) is 0. The summed E-state index contributed by atoms with van der Waals surface area (Å²) in [6.07, 6.45) is -1.58. The van der Waals surface area contributed by atoms with Gasteiger partial charge in [0.05, 0.1) is 12.3 Å². The third-order valence-corrected chi connectivity index (χ3v) is 4.24. The largest absolute Gasteiger partial charge is 0.493 e. The molecule has 0 aliphatic carbocycles. The number of pyridine rings is 2. The summed E-state index contributed by atoms with van der Waals surface area (Å²) in [6, 6.07) is 4.85. The highest BCUT2D eigenvalue weighted by molar-refractivity contribution is 5.96. The molecule has 0 aliphatic rings. The number of rotatable bonds is 6. The minimum atomic E-state index is -4.63. The number of carbonyl (C=O) groups is 1. The molecule has 0 atom stereocenters. The number of aromatic nitrogens is 3. The second-order valence-corrected chi connectivity index (χ2v) is 7.05. The lowest BCUT2D eigenvalue weighted by Gasteiger charge is -2.12. The first-order valence-corrected chi connectivity index (χ1v) is 8.93. The van der Waals surface area contributed by atoms with E-state index < -0.39 is 23.3 Å². The van der Waals surface area contributed by atoms with Gasteiger partial charge in [0.1, 0.15) is 28.4 Å². The fourth-order valence-electron chi connectivity index (χ4n) is 2.79. The maximum atomic E-state index is 12.9. The molecule has 0 saturated carbocycles. The molecular formula is C20H20F3N3O3. The summed E-state index contributed by atoms with van der Waals surface area (Å²) in [5, 5.41) is 10.2. The van der Waals surface area contributed by atoms with Crippen molar-refractivity contribution in [3.63, 3.8) is 0 Å². The van der Waals surface area contributed by atoms with E-state index in [9.17, 15) is 23.1 Å². The van der Waals surface area contributed by atoms with Crippen molar-refractivity contribution in [2.75, 3.05) is 6.61 Å². The topological polar surface area (TPSA) is 76.7 Å². The number of hydrogen-bond acceptors (Lipinski definition) is 5. The van der Waals surface area contributed by atoms with Crippen LogP contribution < -0.4 is 4.74 Å². The van der Waals surface area contributed by atoms with Crippen molar-refractivity contribution >= 4 is 11.4 Å². The Balaban J connectivity index is 1.98. The van der Waals surface area contributed by atoms with Crippen LogP contribution in [0.1, 0.15) is 48.2 Å². The number of alkyl halides is 3. The minimum Gasteiger partial charge on any atom is -0.493 e. The molecule has 0 fully saturated rings. The van der Waals surface area contributed by atoms with E-state index >= 15 is 0 Å². The fraction of sp³-hybridized carbons (Fsp3) is 0.350. The number of Topliss-reactive ketones (excluding diaryl/α,β-unsaturated/α-hetero) is 1. The van der Waals surface area contributed by atoms with Gasteiger partial charge in [0.2, 0.25) is 0 Å². The Morgan fingerprint density at radius 3 is 2.52 bits per heavy atom. The van der Waals surface area contributed by atoms with Crippen LogP contribution in [-0.4, -0.2) is 31.9 Å². The van der Waals surface area contributed by atoms with Crippen molar-refractivity contribution in [2.45, 2.75) is 39.0 Å². The Bertz CT molecular complexity index is 1050. The van der Waals surface area contributed by atoms with E-state index in [1.54, 1.807) is 43.6 Å². The lowest BCUT2D eigenvalue weighted by Crippen LogP contribution is -2.15. The van der Waals surface area contributed by atoms with Gasteiger partial charge in [0.15, 0.2) is 5.78 Å². The van der Waals surface area contributed by atoms with Crippen LogP contribution in [0.2, 0.25) is 0 Å². The van der Waals surface area contributed by atoms with Crippen LogP contribution in [0.25, 0.3) is 5.65 Å². The van der Waals surface area contributed by atoms with Gasteiger partial charge in [0.25, 0.3) is 0 Å². The number of halogens is 3. The van der Waals surface area contributed by atoms with Crippen molar-refractivity contribution in [3.05, 3.63) is 59.3 Å². The molecule has 1 N–H and O–H groups in total. The number of nitrogens with zero attached hydrogens (tertiary/aromatic N) is 3. The van der Waals surface area contributed by atoms with Crippen LogP contribution >= 0.6 is 0 Å². The molecule has 0 radical (unpaired) electrons. The molecule has 3 aromatic heterocycles. The maximum Gasteiger partial charge on any atom is 0.433 e. The molecule has 9 heteroatoms. The number of hydrogen-bond donors (Lipinski definition) is 1. The maximum absolute atomic E-state index is 12.9. The molecule has 0 unspecified atom stereocenters. The number of carbonyl (C=O) groups excluding carboxylic acids is 1. The van der Waals surface area contributed by atoms with Crippen LogP contribution in [0.3, 0.4) is 0 Å². The number of aliphatic hydroxyl groups is 1. The van der Waals surface area contributed by atoms with E-state index in [0.717, 1.165) is 12.1 Å². The van der Waals surface area contributed by atoms with Crippen molar-refractivity contribution < 1.29 is 27.8 Å². The molecular weight excluding hydrogens is 387 g/mol. The zero-order chi connectivity index (χ0) is 21.4. The first-order chi connectivity index (χ1) is 13.5. The number of imidazole rings is 1. The van der Waals surface area contributed by atoms with Crippen LogP contribution in [-0.2, 0) is 18.2 Å².